The first-order chi connectivity index (χ1) is 28.3. The van der Waals surface area contributed by atoms with Gasteiger partial charge in [-0.3, -0.25) is 0 Å². The van der Waals surface area contributed by atoms with Crippen molar-refractivity contribution in [2.24, 2.45) is 14.1 Å². The Labute approximate surface area is 334 Å². The van der Waals surface area contributed by atoms with E-state index >= 15 is 0 Å². The molecule has 0 radical (unpaired) electrons. The molecule has 0 bridgehead atoms. The fraction of sp³-hybridized carbons (Fsp3) is 0.560. The first kappa shape index (κ1) is 30.5. The van der Waals surface area contributed by atoms with E-state index in [0.29, 0.717) is 11.1 Å². The Bertz CT molecular complexity index is 2260. The van der Waals surface area contributed by atoms with E-state index < -0.39 is 13.7 Å². The fourth-order valence-electron chi connectivity index (χ4n) is 11.6. The smallest absolute Gasteiger partial charge is 0.216 e. The van der Waals surface area contributed by atoms with Crippen molar-refractivity contribution in [3.8, 4) is 34.0 Å². The van der Waals surface area contributed by atoms with Crippen molar-refractivity contribution in [1.29, 1.82) is 0 Å². The number of nitrogens with zero attached hydrogens (tertiary/aromatic N) is 2. The lowest BCUT2D eigenvalue weighted by Gasteiger charge is -2.50. The molecule has 5 aliphatic rings. The van der Waals surface area contributed by atoms with Crippen LogP contribution in [0.5, 0.6) is 11.5 Å². The minimum Gasteiger partial charge on any atom is -0.487 e. The van der Waals surface area contributed by atoms with Crippen molar-refractivity contribution in [2.75, 3.05) is 0 Å². The first-order valence-corrected chi connectivity index (χ1v) is 20.9. The standard InChI is InChI=1S/C26H34NO.C24H32NO/c1-19-9-12-22(27(3)17-19)23-20(2)10-11-21-24(23)28-26(15-5-4-6-16-26)18-25(21)13-7-8-14-25;1-17-9-12-20(25(5)15-17)21-18(2)10-11-19-22(21)26-23(3,4)16-24(19)13-7-6-8-14-24/h9-12,17H,4-8,13-16,18H2,1-3H3;9-12,15H,6-8,13-14,16H2,1-5H3/q2*+1/i2*1D3. The molecule has 3 fully saturated rings. The summed E-state index contributed by atoms with van der Waals surface area (Å²) in [6.45, 7) is 4.47. The highest BCUT2D eigenvalue weighted by molar-refractivity contribution is 5.74. The topological polar surface area (TPSA) is 26.2 Å². The van der Waals surface area contributed by atoms with Crippen molar-refractivity contribution in [3.63, 3.8) is 0 Å². The molecule has 0 atom stereocenters. The SMILES string of the molecule is [2H]C([2H])([2H])c1ccc(-c2c(C)ccc3c2OC(C)(C)CC32CCCCC2)[n+](C)c1.[2H]C([2H])([2H])c1ccc(-c2c(C)ccc3c2OC2(CCCCC2)CC32CCCC2)[n+](C)c1. The summed E-state index contributed by atoms with van der Waals surface area (Å²) in [6, 6.07) is 16.5. The molecule has 2 aromatic carbocycles. The zero-order valence-corrected chi connectivity index (χ0v) is 33.8. The molecule has 4 aromatic rings. The summed E-state index contributed by atoms with van der Waals surface area (Å²) < 4.78 is 64.0. The summed E-state index contributed by atoms with van der Waals surface area (Å²) in [6.07, 6.45) is 23.3. The molecule has 9 rings (SSSR count). The maximum atomic E-state index is 7.77. The van der Waals surface area contributed by atoms with Crippen molar-refractivity contribution < 1.29 is 26.8 Å². The number of aryl methyl sites for hydroxylation is 6. The Morgan fingerprint density at radius 1 is 0.537 bits per heavy atom. The molecule has 4 nitrogen and oxygen atoms in total. The third kappa shape index (κ3) is 6.68. The molecular formula is C50H66N2O2+2. The molecule has 286 valence electrons. The third-order valence-electron chi connectivity index (χ3n) is 13.9. The molecule has 3 spiro atoms. The van der Waals surface area contributed by atoms with E-state index in [9.17, 15) is 0 Å². The van der Waals surface area contributed by atoms with Crippen LogP contribution in [0.1, 0.15) is 158 Å². The van der Waals surface area contributed by atoms with Crippen LogP contribution in [0.15, 0.2) is 60.9 Å². The monoisotopic (exact) mass is 733 g/mol. The predicted molar refractivity (Wildman–Crippen MR) is 220 cm³/mol. The highest BCUT2D eigenvalue weighted by Crippen LogP contribution is 2.59. The van der Waals surface area contributed by atoms with Gasteiger partial charge >= 0.3 is 0 Å². The predicted octanol–water partition coefficient (Wildman–Crippen LogP) is 11.7. The number of hydrogen-bond donors (Lipinski definition) is 0. The van der Waals surface area contributed by atoms with Gasteiger partial charge in [0.25, 0.3) is 0 Å². The Balaban J connectivity index is 0.000000167. The van der Waals surface area contributed by atoms with Crippen molar-refractivity contribution in [1.82, 2.24) is 0 Å². The summed E-state index contributed by atoms with van der Waals surface area (Å²) in [7, 11) is 3.88. The largest absolute Gasteiger partial charge is 0.487 e. The number of aromatic nitrogens is 2. The third-order valence-corrected chi connectivity index (χ3v) is 13.9. The minimum absolute atomic E-state index is 0.0324. The molecule has 2 aromatic heterocycles. The van der Waals surface area contributed by atoms with Crippen LogP contribution in [0, 0.1) is 27.6 Å². The Morgan fingerprint density at radius 2 is 0.981 bits per heavy atom. The zero-order valence-electron chi connectivity index (χ0n) is 39.8. The summed E-state index contributed by atoms with van der Waals surface area (Å²) in [5.74, 6) is 2.08. The zero-order chi connectivity index (χ0) is 42.9. The van der Waals surface area contributed by atoms with Crippen LogP contribution in [0.25, 0.3) is 22.5 Å². The number of ether oxygens (including phenoxy) is 2. The maximum absolute atomic E-state index is 7.77. The van der Waals surface area contributed by atoms with E-state index in [2.05, 4.69) is 52.0 Å². The number of pyridine rings is 2. The van der Waals surface area contributed by atoms with Gasteiger partial charge in [0.2, 0.25) is 11.4 Å². The first-order valence-electron chi connectivity index (χ1n) is 23.9. The molecule has 3 aliphatic carbocycles. The Hall–Kier alpha value is -3.66. The van der Waals surface area contributed by atoms with E-state index in [-0.39, 0.29) is 22.0 Å². The second-order valence-electron chi connectivity index (χ2n) is 18.5. The van der Waals surface area contributed by atoms with Gasteiger partial charge in [-0.1, -0.05) is 62.8 Å². The summed E-state index contributed by atoms with van der Waals surface area (Å²) >= 11 is 0. The van der Waals surface area contributed by atoms with E-state index in [1.807, 2.05) is 35.4 Å². The second kappa shape index (κ2) is 14.1. The Kier molecular flexibility index (Phi) is 7.99. The molecule has 0 amide bonds. The molecule has 54 heavy (non-hydrogen) atoms. The van der Waals surface area contributed by atoms with Crippen LogP contribution in [0.4, 0.5) is 0 Å². The molecule has 2 aliphatic heterocycles. The van der Waals surface area contributed by atoms with Gasteiger partial charge in [-0.05, 0) is 129 Å². The fourth-order valence-corrected chi connectivity index (χ4v) is 11.6. The van der Waals surface area contributed by atoms with Crippen LogP contribution < -0.4 is 18.6 Å². The van der Waals surface area contributed by atoms with Crippen LogP contribution in [0.2, 0.25) is 0 Å². The molecule has 0 saturated heterocycles. The molecular weight excluding hydrogens is 661 g/mol. The number of hydrogen-bond acceptors (Lipinski definition) is 2. The van der Waals surface area contributed by atoms with Crippen molar-refractivity contribution in [3.05, 3.63) is 94.3 Å². The Morgan fingerprint density at radius 3 is 1.46 bits per heavy atom. The molecule has 3 saturated carbocycles. The maximum Gasteiger partial charge on any atom is 0.216 e. The van der Waals surface area contributed by atoms with Gasteiger partial charge in [0.1, 0.15) is 36.8 Å². The minimum atomic E-state index is -2.11. The summed E-state index contributed by atoms with van der Waals surface area (Å²) in [5, 5.41) is 0. The van der Waals surface area contributed by atoms with Crippen LogP contribution in [-0.4, -0.2) is 11.2 Å². The highest BCUT2D eigenvalue weighted by Gasteiger charge is 2.52. The van der Waals surface area contributed by atoms with Crippen LogP contribution >= 0.6 is 0 Å². The number of rotatable bonds is 2. The normalized spacial score (nSPS) is 23.5. The van der Waals surface area contributed by atoms with E-state index in [4.69, 9.17) is 17.7 Å². The molecule has 0 unspecified atom stereocenters. The summed E-state index contributed by atoms with van der Waals surface area (Å²) in [4.78, 5) is 0. The van der Waals surface area contributed by atoms with E-state index in [0.717, 1.165) is 58.8 Å². The van der Waals surface area contributed by atoms with Gasteiger partial charge in [-0.2, -0.15) is 0 Å². The average molecular weight is 733 g/mol. The van der Waals surface area contributed by atoms with E-state index in [1.54, 1.807) is 24.5 Å². The lowest BCUT2D eigenvalue weighted by Crippen LogP contribution is -2.48. The van der Waals surface area contributed by atoms with Crippen LogP contribution in [-0.2, 0) is 24.9 Å². The molecule has 4 heterocycles. The van der Waals surface area contributed by atoms with Gasteiger partial charge < -0.3 is 9.47 Å². The van der Waals surface area contributed by atoms with Gasteiger partial charge in [-0.15, -0.1) is 0 Å². The second-order valence-corrected chi connectivity index (χ2v) is 18.5. The number of benzene rings is 2. The van der Waals surface area contributed by atoms with Gasteiger partial charge in [0.05, 0.1) is 11.1 Å². The number of fused-ring (bicyclic) bond motifs is 4. The van der Waals surface area contributed by atoms with Crippen molar-refractivity contribution in [2.45, 2.75) is 166 Å². The van der Waals surface area contributed by atoms with Crippen molar-refractivity contribution >= 4 is 0 Å². The van der Waals surface area contributed by atoms with Crippen LogP contribution in [0.3, 0.4) is 0 Å². The summed E-state index contributed by atoms with van der Waals surface area (Å²) in [5.41, 5.74) is 10.3. The van der Waals surface area contributed by atoms with Gasteiger partial charge in [0.15, 0.2) is 12.4 Å². The van der Waals surface area contributed by atoms with E-state index in [1.165, 1.54) is 100 Å². The van der Waals surface area contributed by atoms with Gasteiger partial charge in [0, 0.05) is 53.4 Å². The quantitative estimate of drug-likeness (QED) is 0.192. The highest BCUT2D eigenvalue weighted by atomic mass is 16.5. The lowest BCUT2D eigenvalue weighted by atomic mass is 9.62. The van der Waals surface area contributed by atoms with Gasteiger partial charge in [-0.25, -0.2) is 9.13 Å². The lowest BCUT2D eigenvalue weighted by molar-refractivity contribution is -0.660. The molecule has 0 N–H and O–H groups in total. The molecule has 4 heteroatoms. The average Bonchev–Trinajstić information content (AvgIpc) is 3.63.